The van der Waals surface area contributed by atoms with Gasteiger partial charge in [0.1, 0.15) is 0 Å². The molecule has 0 fully saturated rings. The van der Waals surface area contributed by atoms with Crippen molar-refractivity contribution in [3.63, 3.8) is 0 Å². The van der Waals surface area contributed by atoms with Crippen molar-refractivity contribution in [1.29, 1.82) is 0 Å². The number of nitrogens with zero attached hydrogens (tertiary/aromatic N) is 3. The van der Waals surface area contributed by atoms with E-state index < -0.39 is 0 Å². The number of hydrogen-bond donors (Lipinski definition) is 0. The molecule has 1 heterocycles. The van der Waals surface area contributed by atoms with Gasteiger partial charge in [-0.3, -0.25) is 4.79 Å². The Hall–Kier alpha value is -2.86. The first-order valence-corrected chi connectivity index (χ1v) is 7.74. The molecule has 23 heavy (non-hydrogen) atoms. The zero-order chi connectivity index (χ0) is 16.2. The molecule has 114 valence electrons. The quantitative estimate of drug-likeness (QED) is 0.416. The minimum Gasteiger partial charge on any atom is -0.871 e. The first-order chi connectivity index (χ1) is 11.2. The summed E-state index contributed by atoms with van der Waals surface area (Å²) in [5, 5.41) is 17.2. The third-order valence-corrected chi connectivity index (χ3v) is 3.90. The van der Waals surface area contributed by atoms with Gasteiger partial charge in [0.25, 0.3) is 5.69 Å². The average molecular weight is 323 g/mol. The summed E-state index contributed by atoms with van der Waals surface area (Å²) in [4.78, 5) is 13.4. The third kappa shape index (κ3) is 3.17. The zero-order valence-corrected chi connectivity index (χ0v) is 13.2. The minimum absolute atomic E-state index is 0.0587. The average Bonchev–Trinajstić information content (AvgIpc) is 3.06. The van der Waals surface area contributed by atoms with E-state index in [1.807, 2.05) is 36.4 Å². The third-order valence-electron chi connectivity index (χ3n) is 3.21. The lowest BCUT2D eigenvalue weighted by atomic mass is 10.1. The Morgan fingerprint density at radius 1 is 1.04 bits per heavy atom. The van der Waals surface area contributed by atoms with Crippen molar-refractivity contribution in [2.75, 3.05) is 0 Å². The molecule has 0 saturated heterocycles. The normalized spacial score (nSPS) is 11.9. The standard InChI is InChI=1S/C17H13N3O2S/c1-12(21)15(16(22)13-8-4-2-5-9-13)17-18-20(19-23-17)14-10-6-3-7-11-14/h2-11H,1H3. The van der Waals surface area contributed by atoms with Crippen molar-refractivity contribution in [3.05, 3.63) is 71.2 Å². The highest BCUT2D eigenvalue weighted by Crippen LogP contribution is 2.23. The molecular formula is C17H13N3O2S. The molecule has 0 unspecified atom stereocenters. The van der Waals surface area contributed by atoms with Crippen LogP contribution in [0.2, 0.25) is 0 Å². The second-order valence-corrected chi connectivity index (χ2v) is 5.56. The molecule has 0 aliphatic heterocycles. The number of carbonyl (C=O) groups is 1. The van der Waals surface area contributed by atoms with Crippen molar-refractivity contribution in [3.8, 4) is 5.69 Å². The van der Waals surface area contributed by atoms with Gasteiger partial charge in [0.2, 0.25) is 5.01 Å². The van der Waals surface area contributed by atoms with Gasteiger partial charge in [-0.1, -0.05) is 54.3 Å². The Morgan fingerprint density at radius 2 is 1.65 bits per heavy atom. The van der Waals surface area contributed by atoms with Crippen LogP contribution in [0.25, 0.3) is 17.0 Å². The molecule has 0 atom stereocenters. The largest absolute Gasteiger partial charge is 0.871 e. The smallest absolute Gasteiger partial charge is 0.269 e. The van der Waals surface area contributed by atoms with Crippen LogP contribution >= 0.6 is 11.5 Å². The van der Waals surface area contributed by atoms with Gasteiger partial charge in [-0.15, -0.1) is 0 Å². The number of ketones is 1. The molecule has 3 aromatic rings. The summed E-state index contributed by atoms with van der Waals surface area (Å²) >= 11 is 1.03. The summed E-state index contributed by atoms with van der Waals surface area (Å²) < 4.78 is 4.19. The van der Waals surface area contributed by atoms with Crippen molar-refractivity contribution in [2.45, 2.75) is 6.92 Å². The van der Waals surface area contributed by atoms with Crippen LogP contribution in [0.3, 0.4) is 0 Å². The first kappa shape index (κ1) is 15.1. The summed E-state index contributed by atoms with van der Waals surface area (Å²) in [5.41, 5.74) is 1.28. The maximum atomic E-state index is 12.6. The van der Waals surface area contributed by atoms with Crippen LogP contribution in [0.15, 0.2) is 60.7 Å². The number of carbonyl (C=O) groups excluding carboxylic acids is 1. The molecule has 0 N–H and O–H groups in total. The van der Waals surface area contributed by atoms with E-state index in [1.54, 1.807) is 24.3 Å². The molecular weight excluding hydrogens is 310 g/mol. The summed E-state index contributed by atoms with van der Waals surface area (Å²) in [6.45, 7) is 1.37. The molecule has 6 heteroatoms. The van der Waals surface area contributed by atoms with Crippen LogP contribution in [0.5, 0.6) is 0 Å². The molecule has 0 spiro atoms. The SMILES string of the molecule is CC(=O)/C(=C(/[O-])c1ccccc1)c1n[n+](-c2ccccc2)ns1. The summed E-state index contributed by atoms with van der Waals surface area (Å²) in [5.74, 6) is -0.662. The fraction of sp³-hybridized carbons (Fsp3) is 0.0588. The molecule has 0 amide bonds. The Kier molecular flexibility index (Phi) is 4.25. The van der Waals surface area contributed by atoms with Crippen molar-refractivity contribution in [2.24, 2.45) is 0 Å². The number of allylic oxidation sites excluding steroid dienone is 1. The van der Waals surface area contributed by atoms with Gasteiger partial charge < -0.3 is 5.11 Å². The highest BCUT2D eigenvalue weighted by atomic mass is 32.1. The molecule has 3 rings (SSSR count). The molecule has 5 nitrogen and oxygen atoms in total. The fourth-order valence-corrected chi connectivity index (χ4v) is 2.83. The Labute approximate surface area is 137 Å². The molecule has 0 saturated carbocycles. The highest BCUT2D eigenvalue weighted by molar-refractivity contribution is 7.06. The fourth-order valence-electron chi connectivity index (χ4n) is 2.10. The maximum absolute atomic E-state index is 12.6. The molecule has 0 radical (unpaired) electrons. The Balaban J connectivity index is 2.07. The van der Waals surface area contributed by atoms with Crippen LogP contribution < -0.4 is 9.90 Å². The van der Waals surface area contributed by atoms with E-state index in [1.165, 1.54) is 11.7 Å². The number of para-hydroxylation sites is 1. The number of aromatic nitrogens is 3. The number of hydrogen-bond acceptors (Lipinski definition) is 5. The van der Waals surface area contributed by atoms with Crippen LogP contribution in [0, 0.1) is 0 Å². The topological polar surface area (TPSA) is 69.8 Å². The predicted octanol–water partition coefficient (Wildman–Crippen LogP) is 1.63. The van der Waals surface area contributed by atoms with E-state index in [-0.39, 0.29) is 17.1 Å². The van der Waals surface area contributed by atoms with E-state index >= 15 is 0 Å². The van der Waals surface area contributed by atoms with E-state index in [2.05, 4.69) is 9.59 Å². The molecule has 0 aliphatic rings. The maximum Gasteiger partial charge on any atom is 0.269 e. The lowest BCUT2D eigenvalue weighted by Gasteiger charge is -2.15. The van der Waals surface area contributed by atoms with Crippen LogP contribution in [0.4, 0.5) is 0 Å². The molecule has 0 aliphatic carbocycles. The zero-order valence-electron chi connectivity index (χ0n) is 12.3. The van der Waals surface area contributed by atoms with Gasteiger partial charge in [0.15, 0.2) is 5.78 Å². The van der Waals surface area contributed by atoms with Gasteiger partial charge in [-0.25, -0.2) is 0 Å². The molecule has 1 aromatic heterocycles. The van der Waals surface area contributed by atoms with E-state index in [4.69, 9.17) is 0 Å². The van der Waals surface area contributed by atoms with E-state index in [9.17, 15) is 9.90 Å². The number of Topliss-reactive ketones (excluding diaryl/α,β-unsaturated/α-hetero) is 1. The monoisotopic (exact) mass is 323 g/mol. The first-order valence-electron chi connectivity index (χ1n) is 6.96. The Morgan fingerprint density at radius 3 is 2.26 bits per heavy atom. The highest BCUT2D eigenvalue weighted by Gasteiger charge is 2.21. The van der Waals surface area contributed by atoms with Crippen LogP contribution in [-0.2, 0) is 4.79 Å². The van der Waals surface area contributed by atoms with Crippen molar-refractivity contribution < 1.29 is 14.7 Å². The molecule has 0 bridgehead atoms. The lowest BCUT2D eigenvalue weighted by Crippen LogP contribution is -2.35. The second-order valence-electron chi connectivity index (χ2n) is 4.83. The Bertz CT molecular complexity index is 858. The van der Waals surface area contributed by atoms with Gasteiger partial charge in [-0.05, 0) is 12.5 Å². The number of benzene rings is 2. The van der Waals surface area contributed by atoms with Crippen molar-refractivity contribution >= 4 is 28.6 Å². The lowest BCUT2D eigenvalue weighted by molar-refractivity contribution is -0.710. The van der Waals surface area contributed by atoms with E-state index in [0.29, 0.717) is 10.6 Å². The molecule has 2 aromatic carbocycles. The van der Waals surface area contributed by atoms with Crippen LogP contribution in [-0.4, -0.2) is 15.4 Å². The van der Waals surface area contributed by atoms with Gasteiger partial charge in [0, 0.05) is 17.2 Å². The van der Waals surface area contributed by atoms with E-state index in [0.717, 1.165) is 17.2 Å². The minimum atomic E-state index is -0.338. The van der Waals surface area contributed by atoms with Gasteiger partial charge >= 0.3 is 0 Å². The van der Waals surface area contributed by atoms with Gasteiger partial charge in [0.05, 0.1) is 26.4 Å². The number of rotatable bonds is 4. The second kappa shape index (κ2) is 6.50. The summed E-state index contributed by atoms with van der Waals surface area (Å²) in [7, 11) is 0. The van der Waals surface area contributed by atoms with Gasteiger partial charge in [-0.2, -0.15) is 0 Å². The van der Waals surface area contributed by atoms with Crippen molar-refractivity contribution in [1.82, 2.24) is 9.59 Å². The summed E-state index contributed by atoms with van der Waals surface area (Å²) in [6.07, 6.45) is 0. The predicted molar refractivity (Wildman–Crippen MR) is 85.4 cm³/mol. The van der Waals surface area contributed by atoms with Crippen LogP contribution in [0.1, 0.15) is 17.5 Å². The summed E-state index contributed by atoms with van der Waals surface area (Å²) in [6, 6.07) is 18.0.